The van der Waals surface area contributed by atoms with Crippen molar-refractivity contribution in [2.75, 3.05) is 0 Å². The lowest BCUT2D eigenvalue weighted by atomic mass is 9.87. The van der Waals surface area contributed by atoms with Gasteiger partial charge in [0.05, 0.1) is 0 Å². The van der Waals surface area contributed by atoms with Crippen molar-refractivity contribution in [1.29, 1.82) is 0 Å². The van der Waals surface area contributed by atoms with Crippen LogP contribution in [0.1, 0.15) is 83.3 Å². The first-order valence-electron chi connectivity index (χ1n) is 8.94. The third kappa shape index (κ3) is 3.95. The van der Waals surface area contributed by atoms with E-state index in [1.54, 1.807) is 0 Å². The predicted molar refractivity (Wildman–Crippen MR) is 103 cm³/mol. The van der Waals surface area contributed by atoms with Crippen molar-refractivity contribution in [2.24, 2.45) is 0 Å². The second-order valence-electron chi connectivity index (χ2n) is 7.63. The molecule has 0 unspecified atom stereocenters. The van der Waals surface area contributed by atoms with Gasteiger partial charge in [-0.15, -0.1) is 0 Å². The summed E-state index contributed by atoms with van der Waals surface area (Å²) >= 11 is 0. The van der Waals surface area contributed by atoms with Crippen molar-refractivity contribution < 1.29 is 4.79 Å². The van der Waals surface area contributed by atoms with E-state index in [-0.39, 0.29) is 5.78 Å². The first-order valence-corrected chi connectivity index (χ1v) is 8.94. The fourth-order valence-corrected chi connectivity index (χ4v) is 3.42. The molecule has 2 rings (SSSR count). The van der Waals surface area contributed by atoms with Crippen LogP contribution in [-0.2, 0) is 6.42 Å². The molecule has 24 heavy (non-hydrogen) atoms. The number of Topliss-reactive ketones (excluding diaryl/α,β-unsaturated/α-hetero) is 1. The minimum atomic E-state index is 0.226. The maximum absolute atomic E-state index is 13.0. The number of hydrogen-bond donors (Lipinski definition) is 0. The number of carbonyl (C=O) groups is 1. The summed E-state index contributed by atoms with van der Waals surface area (Å²) in [5.41, 5.74) is 8.22. The highest BCUT2D eigenvalue weighted by atomic mass is 16.1. The summed E-state index contributed by atoms with van der Waals surface area (Å²) < 4.78 is 0. The molecule has 0 aliphatic rings. The Morgan fingerprint density at radius 1 is 0.875 bits per heavy atom. The zero-order valence-electron chi connectivity index (χ0n) is 16.2. The number of aryl methyl sites for hydroxylation is 3. The van der Waals surface area contributed by atoms with Gasteiger partial charge in [0, 0.05) is 12.0 Å². The molecule has 0 fully saturated rings. The summed E-state index contributed by atoms with van der Waals surface area (Å²) in [5, 5.41) is 0. The van der Waals surface area contributed by atoms with Gasteiger partial charge in [-0.25, -0.2) is 0 Å². The van der Waals surface area contributed by atoms with Gasteiger partial charge in [0.15, 0.2) is 5.78 Å². The first-order chi connectivity index (χ1) is 11.2. The fraction of sp³-hybridized carbons (Fsp3) is 0.435. The van der Waals surface area contributed by atoms with E-state index >= 15 is 0 Å². The van der Waals surface area contributed by atoms with E-state index in [9.17, 15) is 4.79 Å². The molecule has 0 saturated heterocycles. The monoisotopic (exact) mass is 322 g/mol. The summed E-state index contributed by atoms with van der Waals surface area (Å²) in [6, 6.07) is 10.7. The molecule has 0 aliphatic carbocycles. The summed E-state index contributed by atoms with van der Waals surface area (Å²) in [6.45, 7) is 15.0. The second kappa shape index (κ2) is 7.34. The van der Waals surface area contributed by atoms with Crippen LogP contribution >= 0.6 is 0 Å². The maximum atomic E-state index is 13.0. The quantitative estimate of drug-likeness (QED) is 0.592. The van der Waals surface area contributed by atoms with Gasteiger partial charge in [0.1, 0.15) is 0 Å². The topological polar surface area (TPSA) is 17.1 Å². The van der Waals surface area contributed by atoms with E-state index in [1.165, 1.54) is 33.4 Å². The molecule has 0 aliphatic heterocycles. The number of ketones is 1. The van der Waals surface area contributed by atoms with Crippen LogP contribution in [0, 0.1) is 20.8 Å². The van der Waals surface area contributed by atoms with E-state index in [0.29, 0.717) is 18.3 Å². The largest absolute Gasteiger partial charge is 0.294 e. The second-order valence-corrected chi connectivity index (χ2v) is 7.63. The summed E-state index contributed by atoms with van der Waals surface area (Å²) in [6.07, 6.45) is 0.485. The third-order valence-electron chi connectivity index (χ3n) is 4.84. The molecule has 0 saturated carbocycles. The van der Waals surface area contributed by atoms with Crippen LogP contribution < -0.4 is 0 Å². The number of hydrogen-bond acceptors (Lipinski definition) is 1. The molecule has 0 radical (unpaired) electrons. The Hall–Kier alpha value is -1.89. The molecule has 1 nitrogen and oxygen atoms in total. The Morgan fingerprint density at radius 3 is 1.96 bits per heavy atom. The highest BCUT2D eigenvalue weighted by molar-refractivity contribution is 5.99. The Kier molecular flexibility index (Phi) is 5.64. The van der Waals surface area contributed by atoms with Crippen LogP contribution in [-0.4, -0.2) is 5.78 Å². The van der Waals surface area contributed by atoms with Crippen LogP contribution in [0.2, 0.25) is 0 Å². The summed E-state index contributed by atoms with van der Waals surface area (Å²) in [7, 11) is 0. The summed E-state index contributed by atoms with van der Waals surface area (Å²) in [4.78, 5) is 13.0. The van der Waals surface area contributed by atoms with Crippen LogP contribution in [0.3, 0.4) is 0 Å². The first kappa shape index (κ1) is 18.4. The molecule has 0 bridgehead atoms. The van der Waals surface area contributed by atoms with Crippen molar-refractivity contribution in [3.05, 3.63) is 69.3 Å². The fourth-order valence-electron chi connectivity index (χ4n) is 3.42. The van der Waals surface area contributed by atoms with Gasteiger partial charge in [0.25, 0.3) is 0 Å². The van der Waals surface area contributed by atoms with Crippen molar-refractivity contribution in [1.82, 2.24) is 0 Å². The zero-order valence-corrected chi connectivity index (χ0v) is 16.2. The SMILES string of the molecule is Cc1cc(C)c(CC(=O)c2ccc(C(C)C)cc2C(C)C)c(C)c1. The minimum Gasteiger partial charge on any atom is -0.294 e. The molecule has 0 heterocycles. The maximum Gasteiger partial charge on any atom is 0.167 e. The van der Waals surface area contributed by atoms with Gasteiger partial charge < -0.3 is 0 Å². The molecule has 0 atom stereocenters. The Balaban J connectivity index is 2.40. The molecule has 1 heteroatoms. The van der Waals surface area contributed by atoms with Crippen molar-refractivity contribution in [2.45, 2.75) is 66.7 Å². The van der Waals surface area contributed by atoms with Gasteiger partial charge in [0.2, 0.25) is 0 Å². The van der Waals surface area contributed by atoms with Gasteiger partial charge in [-0.2, -0.15) is 0 Å². The average Bonchev–Trinajstić information content (AvgIpc) is 2.49. The molecule has 128 valence electrons. The van der Waals surface area contributed by atoms with Crippen LogP contribution in [0.4, 0.5) is 0 Å². The van der Waals surface area contributed by atoms with Crippen LogP contribution in [0.25, 0.3) is 0 Å². The van der Waals surface area contributed by atoms with E-state index in [1.807, 2.05) is 6.07 Å². The van der Waals surface area contributed by atoms with Gasteiger partial charge >= 0.3 is 0 Å². The van der Waals surface area contributed by atoms with Crippen molar-refractivity contribution in [3.8, 4) is 0 Å². The molecule has 0 spiro atoms. The van der Waals surface area contributed by atoms with Gasteiger partial charge in [-0.1, -0.05) is 63.6 Å². The zero-order chi connectivity index (χ0) is 18.0. The molecule has 0 aromatic heterocycles. The minimum absolute atomic E-state index is 0.226. The molecule has 0 amide bonds. The normalized spacial score (nSPS) is 11.4. The highest BCUT2D eigenvalue weighted by Gasteiger charge is 2.17. The highest BCUT2D eigenvalue weighted by Crippen LogP contribution is 2.27. The number of carbonyl (C=O) groups excluding carboxylic acids is 1. The molecule has 2 aromatic carbocycles. The van der Waals surface area contributed by atoms with E-state index in [4.69, 9.17) is 0 Å². The van der Waals surface area contributed by atoms with Crippen LogP contribution in [0.15, 0.2) is 30.3 Å². The Bertz CT molecular complexity index is 728. The molecular formula is C23H30O. The number of benzene rings is 2. The molecule has 2 aromatic rings. The molecular weight excluding hydrogens is 292 g/mol. The third-order valence-corrected chi connectivity index (χ3v) is 4.84. The van der Waals surface area contributed by atoms with Crippen molar-refractivity contribution >= 4 is 5.78 Å². The van der Waals surface area contributed by atoms with Crippen molar-refractivity contribution in [3.63, 3.8) is 0 Å². The smallest absolute Gasteiger partial charge is 0.167 e. The lowest BCUT2D eigenvalue weighted by Crippen LogP contribution is -2.11. The standard InChI is InChI=1S/C23H30O/c1-14(2)19-8-9-20(21(12-19)15(3)4)23(24)13-22-17(6)10-16(5)11-18(22)7/h8-12,14-15H,13H2,1-7H3. The van der Waals surface area contributed by atoms with Crippen LogP contribution in [0.5, 0.6) is 0 Å². The average molecular weight is 322 g/mol. The number of rotatable bonds is 5. The lowest BCUT2D eigenvalue weighted by Gasteiger charge is -2.17. The van der Waals surface area contributed by atoms with E-state index < -0.39 is 0 Å². The Morgan fingerprint density at radius 2 is 1.46 bits per heavy atom. The van der Waals surface area contributed by atoms with E-state index in [0.717, 1.165) is 5.56 Å². The lowest BCUT2D eigenvalue weighted by molar-refractivity contribution is 0.0991. The predicted octanol–water partition coefficient (Wildman–Crippen LogP) is 6.28. The summed E-state index contributed by atoms with van der Waals surface area (Å²) in [5.74, 6) is 1.06. The Labute approximate surface area is 147 Å². The van der Waals surface area contributed by atoms with Gasteiger partial charge in [-0.05, 0) is 60.4 Å². The van der Waals surface area contributed by atoms with E-state index in [2.05, 4.69) is 72.7 Å². The van der Waals surface area contributed by atoms with Gasteiger partial charge in [-0.3, -0.25) is 4.79 Å². The molecule has 0 N–H and O–H groups in total.